The zero-order valence-electron chi connectivity index (χ0n) is 9.74. The molecule has 0 aromatic heterocycles. The van der Waals surface area contributed by atoms with Gasteiger partial charge in [-0.3, -0.25) is 4.79 Å². The average molecular weight is 246 g/mol. The number of nitrogens with one attached hydrogen (secondary N) is 1. The van der Waals surface area contributed by atoms with Gasteiger partial charge in [0, 0.05) is 18.9 Å². The van der Waals surface area contributed by atoms with Gasteiger partial charge < -0.3 is 15.8 Å². The van der Waals surface area contributed by atoms with Crippen molar-refractivity contribution in [2.45, 2.75) is 31.8 Å². The second-order valence-corrected chi connectivity index (χ2v) is 5.03. The summed E-state index contributed by atoms with van der Waals surface area (Å²) in [6.45, 7) is 2.20. The van der Waals surface area contributed by atoms with E-state index in [0.29, 0.717) is 24.9 Å². The van der Waals surface area contributed by atoms with Gasteiger partial charge in [0.1, 0.15) is 0 Å². The zero-order chi connectivity index (χ0) is 11.6. The quantitative estimate of drug-likeness (QED) is 0.651. The van der Waals surface area contributed by atoms with Crippen LogP contribution in [0, 0.1) is 0 Å². The molecule has 1 aliphatic rings. The first-order valence-electron chi connectivity index (χ1n) is 5.99. The lowest BCUT2D eigenvalue weighted by Gasteiger charge is -2.21. The van der Waals surface area contributed by atoms with Crippen LogP contribution in [0.3, 0.4) is 0 Å². The number of carbonyl (C=O) groups is 1. The molecule has 0 aromatic carbocycles. The number of rotatable bonds is 7. The fraction of sp³-hybridized carbons (Fsp3) is 0.909. The molecule has 1 fully saturated rings. The van der Waals surface area contributed by atoms with Crippen LogP contribution in [0.15, 0.2) is 0 Å². The molecule has 1 aliphatic heterocycles. The lowest BCUT2D eigenvalue weighted by molar-refractivity contribution is -0.118. The van der Waals surface area contributed by atoms with Gasteiger partial charge in [0.15, 0.2) is 0 Å². The van der Waals surface area contributed by atoms with Crippen molar-refractivity contribution in [2.24, 2.45) is 5.73 Å². The fourth-order valence-corrected chi connectivity index (χ4v) is 2.53. The van der Waals surface area contributed by atoms with Crippen LogP contribution in [0.2, 0.25) is 0 Å². The van der Waals surface area contributed by atoms with Crippen LogP contribution in [-0.4, -0.2) is 43.2 Å². The summed E-state index contributed by atoms with van der Waals surface area (Å²) in [4.78, 5) is 11.3. The number of thioether (sulfide) groups is 1. The Morgan fingerprint density at radius 1 is 1.50 bits per heavy atom. The topological polar surface area (TPSA) is 64.3 Å². The Morgan fingerprint density at radius 3 is 3.06 bits per heavy atom. The predicted octanol–water partition coefficient (Wildman–Crippen LogP) is 0.754. The molecule has 1 rings (SSSR count). The summed E-state index contributed by atoms with van der Waals surface area (Å²) in [5.41, 5.74) is 5.34. The summed E-state index contributed by atoms with van der Waals surface area (Å²) in [7, 11) is 0. The third kappa shape index (κ3) is 6.35. The first-order valence-corrected chi connectivity index (χ1v) is 7.14. The summed E-state index contributed by atoms with van der Waals surface area (Å²) in [6, 6.07) is 0. The van der Waals surface area contributed by atoms with E-state index in [0.717, 1.165) is 25.2 Å². The van der Waals surface area contributed by atoms with Crippen LogP contribution in [0.5, 0.6) is 0 Å². The molecule has 94 valence electrons. The van der Waals surface area contributed by atoms with E-state index in [9.17, 15) is 4.79 Å². The van der Waals surface area contributed by atoms with Crippen LogP contribution in [0.25, 0.3) is 0 Å². The Hall–Kier alpha value is -0.260. The van der Waals surface area contributed by atoms with Crippen molar-refractivity contribution in [2.75, 3.05) is 31.2 Å². The van der Waals surface area contributed by atoms with Gasteiger partial charge in [-0.05, 0) is 32.2 Å². The van der Waals surface area contributed by atoms with Gasteiger partial charge in [-0.15, -0.1) is 11.8 Å². The Morgan fingerprint density at radius 2 is 2.38 bits per heavy atom. The minimum atomic E-state index is 0.106. The maximum Gasteiger partial charge on any atom is 0.229 e. The Kier molecular flexibility index (Phi) is 7.63. The third-order valence-corrected chi connectivity index (χ3v) is 3.59. The van der Waals surface area contributed by atoms with Gasteiger partial charge in [-0.2, -0.15) is 0 Å². The van der Waals surface area contributed by atoms with Crippen molar-refractivity contribution in [1.29, 1.82) is 0 Å². The van der Waals surface area contributed by atoms with E-state index in [2.05, 4.69) is 5.32 Å². The highest BCUT2D eigenvalue weighted by molar-refractivity contribution is 7.99. The number of hydrogen-bond donors (Lipinski definition) is 2. The van der Waals surface area contributed by atoms with Crippen LogP contribution in [0.4, 0.5) is 0 Å². The molecule has 0 aromatic rings. The molecular formula is C11H22N2O2S. The molecule has 0 saturated carbocycles. The minimum absolute atomic E-state index is 0.106. The lowest BCUT2D eigenvalue weighted by atomic mass is 10.1. The van der Waals surface area contributed by atoms with Gasteiger partial charge in [0.25, 0.3) is 0 Å². The van der Waals surface area contributed by atoms with E-state index >= 15 is 0 Å². The molecule has 3 N–H and O–H groups in total. The number of amides is 1. The monoisotopic (exact) mass is 246 g/mol. The highest BCUT2D eigenvalue weighted by atomic mass is 32.2. The van der Waals surface area contributed by atoms with Crippen LogP contribution in [0.1, 0.15) is 25.7 Å². The highest BCUT2D eigenvalue weighted by Gasteiger charge is 2.14. The summed E-state index contributed by atoms with van der Waals surface area (Å²) < 4.78 is 5.59. The number of carbonyl (C=O) groups excluding carboxylic acids is 1. The number of hydrogen-bond acceptors (Lipinski definition) is 4. The molecule has 0 bridgehead atoms. The summed E-state index contributed by atoms with van der Waals surface area (Å²) in [5.74, 6) is 1.57. The van der Waals surface area contributed by atoms with E-state index in [4.69, 9.17) is 10.5 Å². The summed E-state index contributed by atoms with van der Waals surface area (Å²) in [5, 5.41) is 2.84. The minimum Gasteiger partial charge on any atom is -0.377 e. The van der Waals surface area contributed by atoms with Crippen molar-refractivity contribution in [3.8, 4) is 0 Å². The molecule has 5 heteroatoms. The normalized spacial score (nSPS) is 20.7. The summed E-state index contributed by atoms with van der Waals surface area (Å²) >= 11 is 1.66. The molecule has 16 heavy (non-hydrogen) atoms. The fourth-order valence-electron chi connectivity index (χ4n) is 1.60. The number of ether oxygens (including phenoxy) is 1. The van der Waals surface area contributed by atoms with Gasteiger partial charge in [0.2, 0.25) is 5.91 Å². The average Bonchev–Trinajstić information content (AvgIpc) is 2.31. The van der Waals surface area contributed by atoms with Crippen LogP contribution < -0.4 is 11.1 Å². The van der Waals surface area contributed by atoms with E-state index in [-0.39, 0.29) is 5.91 Å². The van der Waals surface area contributed by atoms with E-state index in [1.165, 1.54) is 12.8 Å². The van der Waals surface area contributed by atoms with Crippen molar-refractivity contribution < 1.29 is 9.53 Å². The van der Waals surface area contributed by atoms with Crippen LogP contribution in [-0.2, 0) is 9.53 Å². The highest BCUT2D eigenvalue weighted by Crippen LogP contribution is 2.16. The lowest BCUT2D eigenvalue weighted by Crippen LogP contribution is -2.28. The van der Waals surface area contributed by atoms with Crippen molar-refractivity contribution >= 4 is 17.7 Å². The number of nitrogens with two attached hydrogens (primary N) is 1. The Balaban J connectivity index is 1.94. The van der Waals surface area contributed by atoms with Gasteiger partial charge in [-0.25, -0.2) is 0 Å². The molecule has 1 heterocycles. The van der Waals surface area contributed by atoms with E-state index < -0.39 is 0 Å². The molecule has 1 saturated heterocycles. The van der Waals surface area contributed by atoms with Crippen molar-refractivity contribution in [1.82, 2.24) is 5.32 Å². The Labute approximate surface area is 102 Å². The molecule has 4 nitrogen and oxygen atoms in total. The van der Waals surface area contributed by atoms with E-state index in [1.54, 1.807) is 11.8 Å². The van der Waals surface area contributed by atoms with Gasteiger partial charge >= 0.3 is 0 Å². The molecule has 1 amide bonds. The predicted molar refractivity (Wildman–Crippen MR) is 67.6 cm³/mol. The zero-order valence-corrected chi connectivity index (χ0v) is 10.6. The van der Waals surface area contributed by atoms with Gasteiger partial charge in [0.05, 0.1) is 11.9 Å². The SMILES string of the molecule is NCCCNC(=O)CSCC1CCCCO1. The first-order chi connectivity index (χ1) is 7.83. The maximum atomic E-state index is 11.3. The molecule has 1 unspecified atom stereocenters. The first kappa shape index (κ1) is 13.8. The second kappa shape index (κ2) is 8.84. The molecule has 1 atom stereocenters. The van der Waals surface area contributed by atoms with Crippen molar-refractivity contribution in [3.63, 3.8) is 0 Å². The second-order valence-electron chi connectivity index (χ2n) is 4.00. The third-order valence-electron chi connectivity index (χ3n) is 2.51. The molecular weight excluding hydrogens is 224 g/mol. The van der Waals surface area contributed by atoms with E-state index in [1.807, 2.05) is 0 Å². The van der Waals surface area contributed by atoms with Crippen LogP contribution >= 0.6 is 11.8 Å². The standard InChI is InChI=1S/C11H22N2O2S/c12-5-3-6-13-11(14)9-16-8-10-4-1-2-7-15-10/h10H,1-9,12H2,(H,13,14). The maximum absolute atomic E-state index is 11.3. The largest absolute Gasteiger partial charge is 0.377 e. The molecule has 0 radical (unpaired) electrons. The van der Waals surface area contributed by atoms with Gasteiger partial charge in [-0.1, -0.05) is 0 Å². The molecule has 0 aliphatic carbocycles. The van der Waals surface area contributed by atoms with Crippen molar-refractivity contribution in [3.05, 3.63) is 0 Å². The Bertz CT molecular complexity index is 196. The molecule has 0 spiro atoms. The summed E-state index contributed by atoms with van der Waals surface area (Å²) in [6.07, 6.45) is 4.79. The smallest absolute Gasteiger partial charge is 0.229 e.